The summed E-state index contributed by atoms with van der Waals surface area (Å²) in [6.45, 7) is 2.47. The highest BCUT2D eigenvalue weighted by Gasteiger charge is 2.33. The SMILES string of the molecule is CN(C)CCNC(=S)N1CCN(S(=O)(=O)c2c(F)cccc2F)CC1. The van der Waals surface area contributed by atoms with Crippen LogP contribution in [-0.4, -0.2) is 81.0 Å². The van der Waals surface area contributed by atoms with Crippen LogP contribution in [0.4, 0.5) is 8.78 Å². The van der Waals surface area contributed by atoms with Crippen molar-refractivity contribution in [3.05, 3.63) is 29.8 Å². The van der Waals surface area contributed by atoms with Gasteiger partial charge in [0.05, 0.1) is 0 Å². The minimum atomic E-state index is -4.21. The van der Waals surface area contributed by atoms with E-state index in [1.165, 1.54) is 0 Å². The predicted molar refractivity (Wildman–Crippen MR) is 95.8 cm³/mol. The molecule has 140 valence electrons. The van der Waals surface area contributed by atoms with Gasteiger partial charge in [0.25, 0.3) is 0 Å². The van der Waals surface area contributed by atoms with Gasteiger partial charge in [0, 0.05) is 39.3 Å². The molecule has 0 aromatic heterocycles. The van der Waals surface area contributed by atoms with E-state index >= 15 is 0 Å². The van der Waals surface area contributed by atoms with Gasteiger partial charge in [-0.2, -0.15) is 4.31 Å². The Balaban J connectivity index is 1.98. The largest absolute Gasteiger partial charge is 0.361 e. The van der Waals surface area contributed by atoms with Crippen molar-refractivity contribution in [2.24, 2.45) is 0 Å². The van der Waals surface area contributed by atoms with E-state index < -0.39 is 26.6 Å². The zero-order chi connectivity index (χ0) is 18.6. The molecule has 6 nitrogen and oxygen atoms in total. The second kappa shape index (κ2) is 8.35. The fraction of sp³-hybridized carbons (Fsp3) is 0.533. The monoisotopic (exact) mass is 392 g/mol. The number of benzene rings is 1. The molecule has 1 aromatic carbocycles. The van der Waals surface area contributed by atoms with Crippen LogP contribution in [-0.2, 0) is 10.0 Å². The van der Waals surface area contributed by atoms with E-state index in [1.54, 1.807) is 0 Å². The first kappa shape index (κ1) is 20.0. The molecule has 0 amide bonds. The summed E-state index contributed by atoms with van der Waals surface area (Å²) < 4.78 is 53.8. The lowest BCUT2D eigenvalue weighted by Crippen LogP contribution is -2.53. The van der Waals surface area contributed by atoms with Gasteiger partial charge >= 0.3 is 0 Å². The zero-order valence-electron chi connectivity index (χ0n) is 14.2. The second-order valence-electron chi connectivity index (χ2n) is 5.98. The van der Waals surface area contributed by atoms with Crippen molar-refractivity contribution in [2.45, 2.75) is 4.90 Å². The van der Waals surface area contributed by atoms with Gasteiger partial charge in [-0.25, -0.2) is 17.2 Å². The number of thiocarbonyl (C=S) groups is 1. The molecule has 25 heavy (non-hydrogen) atoms. The molecule has 1 aromatic rings. The van der Waals surface area contributed by atoms with Gasteiger partial charge in [-0.05, 0) is 38.4 Å². The van der Waals surface area contributed by atoms with Gasteiger partial charge in [-0.1, -0.05) is 6.07 Å². The lowest BCUT2D eigenvalue weighted by molar-refractivity contribution is 0.262. The molecular formula is C15H22F2N4O2S2. The van der Waals surface area contributed by atoms with Crippen molar-refractivity contribution in [1.29, 1.82) is 0 Å². The molecule has 1 heterocycles. The van der Waals surface area contributed by atoms with Gasteiger partial charge in [-0.3, -0.25) is 0 Å². The number of hydrogen-bond donors (Lipinski definition) is 1. The smallest absolute Gasteiger partial charge is 0.249 e. The second-order valence-corrected chi connectivity index (χ2v) is 8.24. The molecular weight excluding hydrogens is 370 g/mol. The third-order valence-corrected chi connectivity index (χ3v) is 6.23. The van der Waals surface area contributed by atoms with Crippen LogP contribution in [0.2, 0.25) is 0 Å². The van der Waals surface area contributed by atoms with Crippen molar-refractivity contribution in [3.8, 4) is 0 Å². The molecule has 0 aliphatic carbocycles. The minimum Gasteiger partial charge on any atom is -0.361 e. The van der Waals surface area contributed by atoms with Gasteiger partial charge in [0.1, 0.15) is 11.6 Å². The molecule has 0 atom stereocenters. The van der Waals surface area contributed by atoms with Crippen LogP contribution in [0.5, 0.6) is 0 Å². The average molecular weight is 392 g/mol. The Bertz CT molecular complexity index is 700. The van der Waals surface area contributed by atoms with Crippen LogP contribution in [0.3, 0.4) is 0 Å². The Hall–Kier alpha value is -1.36. The number of nitrogens with one attached hydrogen (secondary N) is 1. The molecule has 10 heteroatoms. The topological polar surface area (TPSA) is 55.9 Å². The number of likely N-dealkylation sites (N-methyl/N-ethyl adjacent to an activating group) is 1. The molecule has 0 spiro atoms. The van der Waals surface area contributed by atoms with Crippen LogP contribution in [0.15, 0.2) is 23.1 Å². The summed E-state index contributed by atoms with van der Waals surface area (Å²) in [6.07, 6.45) is 0. The van der Waals surface area contributed by atoms with Crippen LogP contribution in [0.25, 0.3) is 0 Å². The van der Waals surface area contributed by atoms with Gasteiger partial charge in [0.2, 0.25) is 10.0 Å². The molecule has 1 saturated heterocycles. The summed E-state index contributed by atoms with van der Waals surface area (Å²) in [5, 5.41) is 3.67. The lowest BCUT2D eigenvalue weighted by atomic mass is 10.3. The van der Waals surface area contributed by atoms with E-state index in [9.17, 15) is 17.2 Å². The van der Waals surface area contributed by atoms with Crippen molar-refractivity contribution in [1.82, 2.24) is 19.4 Å². The highest BCUT2D eigenvalue weighted by atomic mass is 32.2. The van der Waals surface area contributed by atoms with E-state index in [0.29, 0.717) is 24.7 Å². The summed E-state index contributed by atoms with van der Waals surface area (Å²) in [7, 11) is -0.305. The highest BCUT2D eigenvalue weighted by molar-refractivity contribution is 7.89. The van der Waals surface area contributed by atoms with Crippen LogP contribution >= 0.6 is 12.2 Å². The lowest BCUT2D eigenvalue weighted by Gasteiger charge is -2.35. The van der Waals surface area contributed by atoms with Gasteiger partial charge in [0.15, 0.2) is 10.0 Å². The maximum Gasteiger partial charge on any atom is 0.249 e. The summed E-state index contributed by atoms with van der Waals surface area (Å²) >= 11 is 5.30. The maximum absolute atomic E-state index is 13.8. The Morgan fingerprint density at radius 2 is 1.76 bits per heavy atom. The highest BCUT2D eigenvalue weighted by Crippen LogP contribution is 2.23. The Morgan fingerprint density at radius 1 is 1.20 bits per heavy atom. The number of piperazine rings is 1. The van der Waals surface area contributed by atoms with Crippen LogP contribution < -0.4 is 5.32 Å². The quantitative estimate of drug-likeness (QED) is 0.745. The number of sulfonamides is 1. The first-order valence-electron chi connectivity index (χ1n) is 7.85. The van der Waals surface area contributed by atoms with E-state index in [0.717, 1.165) is 29.0 Å². The first-order chi connectivity index (χ1) is 11.7. The predicted octanol–water partition coefficient (Wildman–Crippen LogP) is 0.707. The molecule has 0 radical (unpaired) electrons. The average Bonchev–Trinajstić information content (AvgIpc) is 2.54. The van der Waals surface area contributed by atoms with E-state index in [4.69, 9.17) is 12.2 Å². The summed E-state index contributed by atoms with van der Waals surface area (Å²) in [5.41, 5.74) is 0. The molecule has 1 N–H and O–H groups in total. The zero-order valence-corrected chi connectivity index (χ0v) is 15.8. The van der Waals surface area contributed by atoms with Gasteiger partial charge in [-0.15, -0.1) is 0 Å². The summed E-state index contributed by atoms with van der Waals surface area (Å²) in [6, 6.07) is 3.02. The molecule has 1 fully saturated rings. The molecule has 0 saturated carbocycles. The number of halogens is 2. The summed E-state index contributed by atoms with van der Waals surface area (Å²) in [5.74, 6) is -2.16. The van der Waals surface area contributed by atoms with Crippen LogP contribution in [0, 0.1) is 11.6 Å². The van der Waals surface area contributed by atoms with Crippen molar-refractivity contribution in [2.75, 3.05) is 53.4 Å². The standard InChI is InChI=1S/C15H22F2N4O2S2/c1-19(2)7-6-18-15(24)20-8-10-21(11-9-20)25(22,23)14-12(16)4-3-5-13(14)17/h3-5H,6-11H2,1-2H3,(H,18,24). The fourth-order valence-corrected chi connectivity index (χ4v) is 4.30. The molecule has 1 aliphatic heterocycles. The normalized spacial score (nSPS) is 16.3. The number of rotatable bonds is 5. The molecule has 0 bridgehead atoms. The minimum absolute atomic E-state index is 0.117. The van der Waals surface area contributed by atoms with Crippen molar-refractivity contribution in [3.63, 3.8) is 0 Å². The molecule has 0 unspecified atom stereocenters. The molecule has 2 rings (SSSR count). The molecule has 1 aliphatic rings. The van der Waals surface area contributed by atoms with E-state index in [1.807, 2.05) is 23.9 Å². The van der Waals surface area contributed by atoms with Crippen molar-refractivity contribution < 1.29 is 17.2 Å². The van der Waals surface area contributed by atoms with E-state index in [2.05, 4.69) is 5.32 Å². The number of hydrogen-bond acceptors (Lipinski definition) is 4. The fourth-order valence-electron chi connectivity index (χ4n) is 2.49. The number of nitrogens with zero attached hydrogens (tertiary/aromatic N) is 3. The Morgan fingerprint density at radius 3 is 2.28 bits per heavy atom. The third-order valence-electron chi connectivity index (χ3n) is 3.88. The Labute approximate surface area is 152 Å². The first-order valence-corrected chi connectivity index (χ1v) is 9.70. The third kappa shape index (κ3) is 4.84. The Kier molecular flexibility index (Phi) is 6.66. The van der Waals surface area contributed by atoms with Crippen LogP contribution in [0.1, 0.15) is 0 Å². The van der Waals surface area contributed by atoms with Crippen molar-refractivity contribution >= 4 is 27.4 Å². The maximum atomic E-state index is 13.8. The van der Waals surface area contributed by atoms with Gasteiger partial charge < -0.3 is 15.1 Å². The summed E-state index contributed by atoms with van der Waals surface area (Å²) in [4.78, 5) is 2.98. The van der Waals surface area contributed by atoms with E-state index in [-0.39, 0.29) is 13.1 Å².